The number of hydrogen-bond acceptors (Lipinski definition) is 3. The fourth-order valence-corrected chi connectivity index (χ4v) is 1.34. The summed E-state index contributed by atoms with van der Waals surface area (Å²) in [4.78, 5) is 11.7. The predicted octanol–water partition coefficient (Wildman–Crippen LogP) is 2.68. The molecule has 17 heavy (non-hydrogen) atoms. The zero-order chi connectivity index (χ0) is 12.4. The number of amides is 1. The fourth-order valence-electron chi connectivity index (χ4n) is 1.34. The van der Waals surface area contributed by atoms with Crippen molar-refractivity contribution in [2.24, 2.45) is 0 Å². The van der Waals surface area contributed by atoms with E-state index in [1.807, 2.05) is 0 Å². The number of aryl methyl sites for hydroxylation is 2. The van der Waals surface area contributed by atoms with E-state index in [0.717, 1.165) is 0 Å². The first-order valence-corrected chi connectivity index (χ1v) is 5.07. The quantitative estimate of drug-likeness (QED) is 0.869. The van der Waals surface area contributed by atoms with Gasteiger partial charge in [0.2, 0.25) is 0 Å². The Morgan fingerprint density at radius 3 is 2.71 bits per heavy atom. The van der Waals surface area contributed by atoms with Gasteiger partial charge in [-0.3, -0.25) is 4.79 Å². The first-order valence-electron chi connectivity index (χ1n) is 5.07. The molecule has 1 heterocycles. The van der Waals surface area contributed by atoms with Crippen molar-refractivity contribution in [3.63, 3.8) is 0 Å². The van der Waals surface area contributed by atoms with Gasteiger partial charge in [-0.1, -0.05) is 11.2 Å². The monoisotopic (exact) mass is 234 g/mol. The van der Waals surface area contributed by atoms with Crippen molar-refractivity contribution in [1.29, 1.82) is 0 Å². The van der Waals surface area contributed by atoms with Crippen molar-refractivity contribution in [2.75, 3.05) is 5.32 Å². The van der Waals surface area contributed by atoms with Gasteiger partial charge in [-0.15, -0.1) is 0 Å². The lowest BCUT2D eigenvalue weighted by atomic mass is 10.2. The molecule has 0 spiro atoms. The van der Waals surface area contributed by atoms with Crippen LogP contribution in [-0.2, 0) is 0 Å². The number of carbonyl (C=O) groups is 1. The van der Waals surface area contributed by atoms with Gasteiger partial charge in [0.25, 0.3) is 5.91 Å². The summed E-state index contributed by atoms with van der Waals surface area (Å²) in [5.74, 6) is -0.241. The van der Waals surface area contributed by atoms with Crippen molar-refractivity contribution in [1.82, 2.24) is 5.16 Å². The third-order valence-electron chi connectivity index (χ3n) is 2.29. The van der Waals surface area contributed by atoms with Gasteiger partial charge >= 0.3 is 0 Å². The molecular weight excluding hydrogens is 223 g/mol. The number of hydrogen-bond donors (Lipinski definition) is 1. The summed E-state index contributed by atoms with van der Waals surface area (Å²) in [5, 5.41) is 6.11. The van der Waals surface area contributed by atoms with Gasteiger partial charge in [0.15, 0.2) is 5.69 Å². The Morgan fingerprint density at radius 2 is 2.12 bits per heavy atom. The normalized spacial score (nSPS) is 10.3. The van der Waals surface area contributed by atoms with E-state index in [1.54, 1.807) is 26.0 Å². The van der Waals surface area contributed by atoms with Crippen LogP contribution in [0.2, 0.25) is 0 Å². The minimum Gasteiger partial charge on any atom is -0.361 e. The minimum absolute atomic E-state index is 0.170. The Morgan fingerprint density at radius 1 is 1.35 bits per heavy atom. The lowest BCUT2D eigenvalue weighted by molar-refractivity contribution is 0.101. The van der Waals surface area contributed by atoms with Gasteiger partial charge in [-0.25, -0.2) is 4.39 Å². The standard InChI is InChI=1S/C12H11FN2O2/c1-7-3-4-9(6-10(7)13)14-12(16)11-5-8(2)17-15-11/h3-6H,1-2H3,(H,14,16). The fraction of sp³-hybridized carbons (Fsp3) is 0.167. The van der Waals surface area contributed by atoms with Crippen LogP contribution < -0.4 is 5.32 Å². The first-order chi connectivity index (χ1) is 8.06. The lowest BCUT2D eigenvalue weighted by Crippen LogP contribution is -2.12. The van der Waals surface area contributed by atoms with E-state index in [1.165, 1.54) is 12.1 Å². The molecule has 0 radical (unpaired) electrons. The van der Waals surface area contributed by atoms with Crippen molar-refractivity contribution in [3.8, 4) is 0 Å². The van der Waals surface area contributed by atoms with Crippen LogP contribution in [0.15, 0.2) is 28.8 Å². The van der Waals surface area contributed by atoms with Crippen molar-refractivity contribution in [3.05, 3.63) is 47.1 Å². The van der Waals surface area contributed by atoms with Crippen molar-refractivity contribution >= 4 is 11.6 Å². The van der Waals surface area contributed by atoms with Gasteiger partial charge in [0.05, 0.1) is 0 Å². The molecule has 0 fully saturated rings. The summed E-state index contributed by atoms with van der Waals surface area (Å²) < 4.78 is 18.0. The van der Waals surface area contributed by atoms with E-state index in [2.05, 4.69) is 10.5 Å². The summed E-state index contributed by atoms with van der Waals surface area (Å²) in [6.07, 6.45) is 0. The Labute approximate surface area is 97.4 Å². The third kappa shape index (κ3) is 2.50. The molecule has 1 amide bonds. The van der Waals surface area contributed by atoms with Gasteiger partial charge < -0.3 is 9.84 Å². The average molecular weight is 234 g/mol. The topological polar surface area (TPSA) is 55.1 Å². The van der Waals surface area contributed by atoms with Crippen LogP contribution in [0, 0.1) is 19.7 Å². The first kappa shape index (κ1) is 11.3. The Bertz CT molecular complexity index is 563. The number of anilines is 1. The molecule has 0 unspecified atom stereocenters. The van der Waals surface area contributed by atoms with Crippen LogP contribution >= 0.6 is 0 Å². The molecule has 5 heteroatoms. The van der Waals surface area contributed by atoms with Crippen LogP contribution in [0.3, 0.4) is 0 Å². The van der Waals surface area contributed by atoms with Gasteiger partial charge in [0, 0.05) is 11.8 Å². The summed E-state index contributed by atoms with van der Waals surface area (Å²) in [5.41, 5.74) is 1.09. The molecule has 4 nitrogen and oxygen atoms in total. The second-order valence-corrected chi connectivity index (χ2v) is 3.74. The van der Waals surface area contributed by atoms with Crippen LogP contribution in [0.5, 0.6) is 0 Å². The van der Waals surface area contributed by atoms with Gasteiger partial charge in [0.1, 0.15) is 11.6 Å². The number of halogens is 1. The molecule has 1 aromatic carbocycles. The molecule has 2 rings (SSSR count). The highest BCUT2D eigenvalue weighted by Gasteiger charge is 2.11. The van der Waals surface area contributed by atoms with E-state index in [0.29, 0.717) is 17.0 Å². The number of rotatable bonds is 2. The van der Waals surface area contributed by atoms with E-state index in [-0.39, 0.29) is 11.5 Å². The molecule has 1 aromatic heterocycles. The molecule has 88 valence electrons. The number of nitrogens with zero attached hydrogens (tertiary/aromatic N) is 1. The second-order valence-electron chi connectivity index (χ2n) is 3.74. The molecule has 0 aliphatic carbocycles. The summed E-state index contributed by atoms with van der Waals surface area (Å²) >= 11 is 0. The molecule has 0 saturated carbocycles. The number of aromatic nitrogens is 1. The maximum Gasteiger partial charge on any atom is 0.277 e. The summed E-state index contributed by atoms with van der Waals surface area (Å²) in [6.45, 7) is 3.34. The van der Waals surface area contributed by atoms with Gasteiger partial charge in [-0.05, 0) is 31.5 Å². The molecule has 0 aliphatic rings. The van der Waals surface area contributed by atoms with E-state index < -0.39 is 5.91 Å². The van der Waals surface area contributed by atoms with Crippen LogP contribution in [0.1, 0.15) is 21.8 Å². The molecule has 0 bridgehead atoms. The van der Waals surface area contributed by atoms with Crippen LogP contribution in [0.25, 0.3) is 0 Å². The summed E-state index contributed by atoms with van der Waals surface area (Å²) in [7, 11) is 0. The maximum absolute atomic E-state index is 13.3. The lowest BCUT2D eigenvalue weighted by Gasteiger charge is -2.03. The van der Waals surface area contributed by atoms with Gasteiger partial charge in [-0.2, -0.15) is 0 Å². The third-order valence-corrected chi connectivity index (χ3v) is 2.29. The molecule has 0 aliphatic heterocycles. The van der Waals surface area contributed by atoms with E-state index in [4.69, 9.17) is 4.52 Å². The predicted molar refractivity (Wildman–Crippen MR) is 60.3 cm³/mol. The van der Waals surface area contributed by atoms with E-state index >= 15 is 0 Å². The zero-order valence-electron chi connectivity index (χ0n) is 9.45. The molecular formula is C12H11FN2O2. The highest BCUT2D eigenvalue weighted by Crippen LogP contribution is 2.14. The molecule has 1 N–H and O–H groups in total. The molecule has 0 atom stereocenters. The Balaban J connectivity index is 2.15. The number of carbonyl (C=O) groups excluding carboxylic acids is 1. The Hall–Kier alpha value is -2.17. The van der Waals surface area contributed by atoms with Crippen LogP contribution in [-0.4, -0.2) is 11.1 Å². The highest BCUT2D eigenvalue weighted by molar-refractivity contribution is 6.02. The smallest absolute Gasteiger partial charge is 0.277 e. The average Bonchev–Trinajstić information content (AvgIpc) is 2.70. The number of nitrogens with one attached hydrogen (secondary N) is 1. The molecule has 0 saturated heterocycles. The maximum atomic E-state index is 13.3. The number of benzene rings is 1. The van der Waals surface area contributed by atoms with E-state index in [9.17, 15) is 9.18 Å². The van der Waals surface area contributed by atoms with Crippen molar-refractivity contribution < 1.29 is 13.7 Å². The summed E-state index contributed by atoms with van der Waals surface area (Å²) in [6, 6.07) is 6.00. The molecule has 2 aromatic rings. The zero-order valence-corrected chi connectivity index (χ0v) is 9.45. The van der Waals surface area contributed by atoms with Crippen molar-refractivity contribution in [2.45, 2.75) is 13.8 Å². The highest BCUT2D eigenvalue weighted by atomic mass is 19.1. The Kier molecular flexibility index (Phi) is 2.91. The largest absolute Gasteiger partial charge is 0.361 e. The van der Waals surface area contributed by atoms with Crippen LogP contribution in [0.4, 0.5) is 10.1 Å². The SMILES string of the molecule is Cc1cc(C(=O)Nc2ccc(C)c(F)c2)no1. The second kappa shape index (κ2) is 4.37. The minimum atomic E-state index is -0.426.